The number of anilines is 1. The molecule has 2 aromatic rings. The lowest BCUT2D eigenvalue weighted by molar-refractivity contribution is 0.481. The minimum Gasteiger partial charge on any atom is -0.507 e. The quantitative estimate of drug-likeness (QED) is 0.791. The van der Waals surface area contributed by atoms with Crippen LogP contribution in [-0.4, -0.2) is 17.7 Å². The van der Waals surface area contributed by atoms with Gasteiger partial charge < -0.3 is 16.2 Å². The van der Waals surface area contributed by atoms with Crippen molar-refractivity contribution in [2.24, 2.45) is 11.7 Å². The van der Waals surface area contributed by atoms with Crippen molar-refractivity contribution < 1.29 is 5.11 Å². The molecule has 1 aliphatic carbocycles. The highest BCUT2D eigenvalue weighted by molar-refractivity contribution is 5.97. The third-order valence-electron chi connectivity index (χ3n) is 4.20. The molecule has 0 aromatic heterocycles. The number of phenols is 1. The number of aromatic hydroxyl groups is 1. The summed E-state index contributed by atoms with van der Waals surface area (Å²) in [5.41, 5.74) is 6.93. The molecular weight excluding hydrogens is 236 g/mol. The fraction of sp³-hybridized carbons (Fsp3) is 0.375. The van der Waals surface area contributed by atoms with Gasteiger partial charge in [0.05, 0.1) is 0 Å². The Labute approximate surface area is 113 Å². The highest BCUT2D eigenvalue weighted by atomic mass is 16.3. The standard InChI is InChI=1S/C16H20N2O/c17-10-11-4-1-7-14(11)18-15-8-2-6-13-12(15)5-3-9-16(13)19/h2-3,5-6,8-9,11,14,18-19H,1,4,7,10,17H2. The van der Waals surface area contributed by atoms with Crippen LogP contribution in [0.15, 0.2) is 36.4 Å². The van der Waals surface area contributed by atoms with Crippen LogP contribution in [0.4, 0.5) is 5.69 Å². The summed E-state index contributed by atoms with van der Waals surface area (Å²) in [7, 11) is 0. The average molecular weight is 256 g/mol. The summed E-state index contributed by atoms with van der Waals surface area (Å²) in [6.07, 6.45) is 3.64. The molecule has 0 heterocycles. The van der Waals surface area contributed by atoms with Gasteiger partial charge in [0.2, 0.25) is 0 Å². The normalized spacial score (nSPS) is 22.8. The van der Waals surface area contributed by atoms with Crippen molar-refractivity contribution >= 4 is 16.5 Å². The predicted octanol–water partition coefficient (Wildman–Crippen LogP) is 3.08. The minimum absolute atomic E-state index is 0.336. The first-order valence-electron chi connectivity index (χ1n) is 6.97. The molecular formula is C16H20N2O. The second kappa shape index (κ2) is 5.10. The summed E-state index contributed by atoms with van der Waals surface area (Å²) in [6, 6.07) is 12.1. The summed E-state index contributed by atoms with van der Waals surface area (Å²) in [6.45, 7) is 0.744. The van der Waals surface area contributed by atoms with Crippen LogP contribution in [0.5, 0.6) is 5.75 Å². The zero-order chi connectivity index (χ0) is 13.2. The Morgan fingerprint density at radius 1 is 1.11 bits per heavy atom. The molecule has 19 heavy (non-hydrogen) atoms. The molecule has 2 atom stereocenters. The third-order valence-corrected chi connectivity index (χ3v) is 4.20. The van der Waals surface area contributed by atoms with E-state index in [9.17, 15) is 5.11 Å². The van der Waals surface area contributed by atoms with Crippen molar-refractivity contribution in [2.75, 3.05) is 11.9 Å². The number of nitrogens with two attached hydrogens (primary N) is 1. The van der Waals surface area contributed by atoms with Gasteiger partial charge in [-0.3, -0.25) is 0 Å². The van der Waals surface area contributed by atoms with Crippen molar-refractivity contribution in [3.05, 3.63) is 36.4 Å². The van der Waals surface area contributed by atoms with Crippen LogP contribution in [0.2, 0.25) is 0 Å². The fourth-order valence-corrected chi connectivity index (χ4v) is 3.13. The predicted molar refractivity (Wildman–Crippen MR) is 79.4 cm³/mol. The Balaban J connectivity index is 1.95. The second-order valence-electron chi connectivity index (χ2n) is 5.36. The lowest BCUT2D eigenvalue weighted by Gasteiger charge is -2.22. The van der Waals surface area contributed by atoms with Gasteiger partial charge in [-0.1, -0.05) is 30.7 Å². The van der Waals surface area contributed by atoms with E-state index in [2.05, 4.69) is 11.4 Å². The van der Waals surface area contributed by atoms with E-state index in [-0.39, 0.29) is 0 Å². The number of hydrogen-bond acceptors (Lipinski definition) is 3. The van der Waals surface area contributed by atoms with E-state index in [0.717, 1.165) is 23.0 Å². The zero-order valence-corrected chi connectivity index (χ0v) is 11.0. The zero-order valence-electron chi connectivity index (χ0n) is 11.0. The maximum absolute atomic E-state index is 9.91. The molecule has 3 nitrogen and oxygen atoms in total. The summed E-state index contributed by atoms with van der Waals surface area (Å²) in [4.78, 5) is 0. The first-order chi connectivity index (χ1) is 9.29. The second-order valence-corrected chi connectivity index (χ2v) is 5.36. The topological polar surface area (TPSA) is 58.3 Å². The Morgan fingerprint density at radius 2 is 1.89 bits per heavy atom. The SMILES string of the molecule is NCC1CCCC1Nc1cccc2c(O)cccc12. The van der Waals surface area contributed by atoms with Crippen molar-refractivity contribution in [2.45, 2.75) is 25.3 Å². The lowest BCUT2D eigenvalue weighted by atomic mass is 10.0. The number of fused-ring (bicyclic) bond motifs is 1. The molecule has 100 valence electrons. The van der Waals surface area contributed by atoms with Crippen molar-refractivity contribution in [1.82, 2.24) is 0 Å². The minimum atomic E-state index is 0.336. The Hall–Kier alpha value is -1.74. The molecule has 3 heteroatoms. The molecule has 0 aliphatic heterocycles. The van der Waals surface area contributed by atoms with E-state index < -0.39 is 0 Å². The molecule has 1 aliphatic rings. The van der Waals surface area contributed by atoms with Gasteiger partial charge >= 0.3 is 0 Å². The van der Waals surface area contributed by atoms with E-state index in [0.29, 0.717) is 17.7 Å². The summed E-state index contributed by atoms with van der Waals surface area (Å²) < 4.78 is 0. The molecule has 0 bridgehead atoms. The van der Waals surface area contributed by atoms with Crippen LogP contribution >= 0.6 is 0 Å². The summed E-state index contributed by atoms with van der Waals surface area (Å²) in [5, 5.41) is 15.5. The third kappa shape index (κ3) is 2.26. The van der Waals surface area contributed by atoms with Crippen LogP contribution < -0.4 is 11.1 Å². The highest BCUT2D eigenvalue weighted by Crippen LogP contribution is 2.33. The van der Waals surface area contributed by atoms with Gasteiger partial charge in [-0.2, -0.15) is 0 Å². The Kier molecular flexibility index (Phi) is 3.30. The molecule has 0 amide bonds. The van der Waals surface area contributed by atoms with Gasteiger partial charge in [0.1, 0.15) is 5.75 Å². The molecule has 2 aromatic carbocycles. The highest BCUT2D eigenvalue weighted by Gasteiger charge is 2.26. The molecule has 3 rings (SSSR count). The van der Waals surface area contributed by atoms with E-state index in [1.807, 2.05) is 24.3 Å². The molecule has 0 radical (unpaired) electrons. The average Bonchev–Trinajstić information content (AvgIpc) is 2.87. The molecule has 1 saturated carbocycles. The van der Waals surface area contributed by atoms with Crippen LogP contribution in [0.3, 0.4) is 0 Å². The van der Waals surface area contributed by atoms with E-state index in [4.69, 9.17) is 5.73 Å². The monoisotopic (exact) mass is 256 g/mol. The number of hydrogen-bond donors (Lipinski definition) is 3. The van der Waals surface area contributed by atoms with Crippen LogP contribution in [-0.2, 0) is 0 Å². The summed E-state index contributed by atoms with van der Waals surface area (Å²) in [5.74, 6) is 0.899. The molecule has 4 N–H and O–H groups in total. The molecule has 1 fully saturated rings. The first kappa shape index (κ1) is 12.3. The van der Waals surface area contributed by atoms with Crippen molar-refractivity contribution in [3.63, 3.8) is 0 Å². The van der Waals surface area contributed by atoms with Crippen LogP contribution in [0.25, 0.3) is 10.8 Å². The maximum atomic E-state index is 9.91. The first-order valence-corrected chi connectivity index (χ1v) is 6.97. The number of nitrogens with one attached hydrogen (secondary N) is 1. The number of phenolic OH excluding ortho intramolecular Hbond substituents is 1. The fourth-order valence-electron chi connectivity index (χ4n) is 3.13. The van der Waals surface area contributed by atoms with Crippen LogP contribution in [0.1, 0.15) is 19.3 Å². The molecule has 2 unspecified atom stereocenters. The van der Waals surface area contributed by atoms with E-state index in [1.165, 1.54) is 19.3 Å². The van der Waals surface area contributed by atoms with E-state index >= 15 is 0 Å². The molecule has 0 saturated heterocycles. The molecule has 0 spiro atoms. The van der Waals surface area contributed by atoms with Gasteiger partial charge in [-0.15, -0.1) is 0 Å². The van der Waals surface area contributed by atoms with E-state index in [1.54, 1.807) is 6.07 Å². The van der Waals surface area contributed by atoms with Gasteiger partial charge in [0.25, 0.3) is 0 Å². The van der Waals surface area contributed by atoms with Crippen molar-refractivity contribution in [3.8, 4) is 5.75 Å². The Morgan fingerprint density at radius 3 is 2.74 bits per heavy atom. The van der Waals surface area contributed by atoms with Gasteiger partial charge in [-0.25, -0.2) is 0 Å². The Bertz CT molecular complexity index is 582. The van der Waals surface area contributed by atoms with Crippen LogP contribution in [0, 0.1) is 5.92 Å². The van der Waals surface area contributed by atoms with Gasteiger partial charge in [0, 0.05) is 22.5 Å². The number of rotatable bonds is 3. The summed E-state index contributed by atoms with van der Waals surface area (Å²) >= 11 is 0. The van der Waals surface area contributed by atoms with Gasteiger partial charge in [-0.05, 0) is 37.4 Å². The van der Waals surface area contributed by atoms with Crippen molar-refractivity contribution in [1.29, 1.82) is 0 Å². The smallest absolute Gasteiger partial charge is 0.123 e. The van der Waals surface area contributed by atoms with Gasteiger partial charge in [0.15, 0.2) is 0 Å². The largest absolute Gasteiger partial charge is 0.507 e. The lowest BCUT2D eigenvalue weighted by Crippen LogP contribution is -2.29. The maximum Gasteiger partial charge on any atom is 0.123 e. The number of benzene rings is 2.